The summed E-state index contributed by atoms with van der Waals surface area (Å²) in [5.74, 6) is 1.19. The van der Waals surface area contributed by atoms with Gasteiger partial charge in [-0.05, 0) is 44.2 Å². The number of carbonyl (C=O) groups excluding carboxylic acids is 1. The molecule has 0 aromatic heterocycles. The molecule has 5 nitrogen and oxygen atoms in total. The first-order valence-corrected chi connectivity index (χ1v) is 8.72. The molecule has 0 radical (unpaired) electrons. The van der Waals surface area contributed by atoms with Gasteiger partial charge in [0.1, 0.15) is 11.5 Å². The van der Waals surface area contributed by atoms with Crippen LogP contribution in [0.1, 0.15) is 49.4 Å². The molecule has 2 aliphatic rings. The number of amides is 1. The molecule has 24 heavy (non-hydrogen) atoms. The van der Waals surface area contributed by atoms with E-state index in [4.69, 9.17) is 9.47 Å². The molecule has 1 atom stereocenters. The van der Waals surface area contributed by atoms with Gasteiger partial charge in [0.25, 0.3) is 5.91 Å². The van der Waals surface area contributed by atoms with Gasteiger partial charge in [-0.15, -0.1) is 0 Å². The average molecular weight is 333 g/mol. The van der Waals surface area contributed by atoms with E-state index in [1.165, 1.54) is 0 Å². The number of nitrogens with zero attached hydrogens (tertiary/aromatic N) is 1. The predicted octanol–water partition coefficient (Wildman–Crippen LogP) is 2.86. The fourth-order valence-corrected chi connectivity index (χ4v) is 4.32. The summed E-state index contributed by atoms with van der Waals surface area (Å²) in [6, 6.07) is 5.28. The minimum absolute atomic E-state index is 0.0104. The van der Waals surface area contributed by atoms with Gasteiger partial charge in [0.2, 0.25) is 0 Å². The number of piperidine rings is 1. The van der Waals surface area contributed by atoms with E-state index in [2.05, 4.69) is 6.92 Å². The molecule has 1 amide bonds. The van der Waals surface area contributed by atoms with E-state index >= 15 is 0 Å². The quantitative estimate of drug-likeness (QED) is 0.920. The van der Waals surface area contributed by atoms with Crippen LogP contribution in [0.25, 0.3) is 0 Å². The monoisotopic (exact) mass is 333 g/mol. The molecule has 132 valence electrons. The van der Waals surface area contributed by atoms with Crippen LogP contribution < -0.4 is 9.47 Å². The molecule has 1 saturated heterocycles. The van der Waals surface area contributed by atoms with Crippen LogP contribution in [0.4, 0.5) is 0 Å². The highest BCUT2D eigenvalue weighted by Crippen LogP contribution is 2.57. The number of hydrogen-bond donors (Lipinski definition) is 1. The number of rotatable bonds is 4. The fraction of sp³-hybridized carbons (Fsp3) is 0.632. The lowest BCUT2D eigenvalue weighted by atomic mass is 9.51. The summed E-state index contributed by atoms with van der Waals surface area (Å²) in [6.07, 6.45) is 4.52. The van der Waals surface area contributed by atoms with Crippen LogP contribution in [0.15, 0.2) is 18.2 Å². The van der Waals surface area contributed by atoms with E-state index in [0.29, 0.717) is 30.2 Å². The number of benzene rings is 1. The van der Waals surface area contributed by atoms with Crippen LogP contribution >= 0.6 is 0 Å². The topological polar surface area (TPSA) is 59.0 Å². The zero-order chi connectivity index (χ0) is 17.4. The molecule has 1 unspecified atom stereocenters. The van der Waals surface area contributed by atoms with Gasteiger partial charge in [-0.2, -0.15) is 0 Å². The Hall–Kier alpha value is -1.75. The van der Waals surface area contributed by atoms with Crippen molar-refractivity contribution in [3.8, 4) is 11.5 Å². The van der Waals surface area contributed by atoms with Gasteiger partial charge in [-0.3, -0.25) is 4.79 Å². The van der Waals surface area contributed by atoms with E-state index in [1.54, 1.807) is 32.4 Å². The van der Waals surface area contributed by atoms with Gasteiger partial charge in [0.05, 0.1) is 25.4 Å². The smallest absolute Gasteiger partial charge is 0.257 e. The fourth-order valence-electron chi connectivity index (χ4n) is 4.32. The van der Waals surface area contributed by atoms with Crippen molar-refractivity contribution in [3.63, 3.8) is 0 Å². The normalized spacial score (nSPS) is 25.2. The second kappa shape index (κ2) is 6.28. The maximum absolute atomic E-state index is 12.9. The average Bonchev–Trinajstić information content (AvgIpc) is 2.65. The SMILES string of the molecule is CCC1(O)CCC12CCN(C(=O)c1ccc(OC)cc1OC)CC2. The third kappa shape index (κ3) is 2.55. The third-order valence-corrected chi connectivity index (χ3v) is 6.24. The Balaban J connectivity index is 1.72. The summed E-state index contributed by atoms with van der Waals surface area (Å²) in [6.45, 7) is 3.44. The Kier molecular flexibility index (Phi) is 4.47. The Bertz CT molecular complexity index is 618. The summed E-state index contributed by atoms with van der Waals surface area (Å²) in [7, 11) is 3.15. The maximum atomic E-state index is 12.9. The highest BCUT2D eigenvalue weighted by Gasteiger charge is 2.57. The van der Waals surface area contributed by atoms with Crippen molar-refractivity contribution in [2.24, 2.45) is 5.41 Å². The zero-order valence-corrected chi connectivity index (χ0v) is 14.8. The summed E-state index contributed by atoms with van der Waals surface area (Å²) in [5.41, 5.74) is 0.0521. The number of carbonyl (C=O) groups is 1. The predicted molar refractivity (Wildman–Crippen MR) is 91.6 cm³/mol. The molecule has 5 heteroatoms. The van der Waals surface area contributed by atoms with Gasteiger partial charge in [0.15, 0.2) is 0 Å². The summed E-state index contributed by atoms with van der Waals surface area (Å²) < 4.78 is 10.5. The van der Waals surface area contributed by atoms with E-state index in [9.17, 15) is 9.90 Å². The Morgan fingerprint density at radius 2 is 1.88 bits per heavy atom. The Morgan fingerprint density at radius 1 is 1.17 bits per heavy atom. The van der Waals surface area contributed by atoms with E-state index in [0.717, 1.165) is 32.1 Å². The lowest BCUT2D eigenvalue weighted by Gasteiger charge is -2.59. The Morgan fingerprint density at radius 3 is 2.38 bits per heavy atom. The Labute approximate surface area is 143 Å². The van der Waals surface area contributed by atoms with E-state index < -0.39 is 5.60 Å². The molecule has 1 spiro atoms. The molecule has 0 bridgehead atoms. The van der Waals surface area contributed by atoms with Gasteiger partial charge in [0, 0.05) is 24.6 Å². The minimum atomic E-state index is -0.528. The second-order valence-electron chi connectivity index (χ2n) is 7.02. The highest BCUT2D eigenvalue weighted by molar-refractivity contribution is 5.97. The first-order chi connectivity index (χ1) is 11.5. The lowest BCUT2D eigenvalue weighted by molar-refractivity contribution is -0.188. The van der Waals surface area contributed by atoms with Crippen molar-refractivity contribution in [3.05, 3.63) is 23.8 Å². The van der Waals surface area contributed by atoms with Crippen molar-refractivity contribution in [1.82, 2.24) is 4.90 Å². The van der Waals surface area contributed by atoms with Crippen LogP contribution in [0.5, 0.6) is 11.5 Å². The highest BCUT2D eigenvalue weighted by atomic mass is 16.5. The molecule has 2 fully saturated rings. The van der Waals surface area contributed by atoms with Crippen LogP contribution in [0.3, 0.4) is 0 Å². The number of aliphatic hydroxyl groups is 1. The number of likely N-dealkylation sites (tertiary alicyclic amines) is 1. The van der Waals surface area contributed by atoms with Crippen molar-refractivity contribution < 1.29 is 19.4 Å². The molecular weight excluding hydrogens is 306 g/mol. The molecule has 1 N–H and O–H groups in total. The van der Waals surface area contributed by atoms with Gasteiger partial charge >= 0.3 is 0 Å². The second-order valence-corrected chi connectivity index (χ2v) is 7.02. The van der Waals surface area contributed by atoms with Crippen LogP contribution in [-0.2, 0) is 0 Å². The molecule has 1 aliphatic carbocycles. The minimum Gasteiger partial charge on any atom is -0.497 e. The summed E-state index contributed by atoms with van der Waals surface area (Å²) >= 11 is 0. The number of hydrogen-bond acceptors (Lipinski definition) is 4. The van der Waals surface area contributed by atoms with Crippen molar-refractivity contribution in [2.45, 2.75) is 44.6 Å². The standard InChI is InChI=1S/C19H27NO4/c1-4-19(22)8-7-18(19)9-11-20(12-10-18)17(21)15-6-5-14(23-2)13-16(15)24-3/h5-6,13,22H,4,7-12H2,1-3H3. The largest absolute Gasteiger partial charge is 0.497 e. The van der Waals surface area contributed by atoms with Crippen molar-refractivity contribution in [2.75, 3.05) is 27.3 Å². The summed E-state index contributed by atoms with van der Waals surface area (Å²) in [4.78, 5) is 14.7. The van der Waals surface area contributed by atoms with Crippen molar-refractivity contribution >= 4 is 5.91 Å². The van der Waals surface area contributed by atoms with Crippen LogP contribution in [0, 0.1) is 5.41 Å². The molecule has 1 aromatic rings. The van der Waals surface area contributed by atoms with Crippen LogP contribution in [0.2, 0.25) is 0 Å². The summed E-state index contributed by atoms with van der Waals surface area (Å²) in [5, 5.41) is 10.7. The molecule has 1 aromatic carbocycles. The van der Waals surface area contributed by atoms with Gasteiger partial charge in [-0.25, -0.2) is 0 Å². The first kappa shape index (κ1) is 17.1. The third-order valence-electron chi connectivity index (χ3n) is 6.24. The molecule has 1 heterocycles. The zero-order valence-electron chi connectivity index (χ0n) is 14.8. The maximum Gasteiger partial charge on any atom is 0.257 e. The molecule has 1 aliphatic heterocycles. The lowest BCUT2D eigenvalue weighted by Crippen LogP contribution is -2.61. The van der Waals surface area contributed by atoms with Gasteiger partial charge < -0.3 is 19.5 Å². The van der Waals surface area contributed by atoms with E-state index in [-0.39, 0.29) is 11.3 Å². The van der Waals surface area contributed by atoms with Crippen molar-refractivity contribution in [1.29, 1.82) is 0 Å². The van der Waals surface area contributed by atoms with Gasteiger partial charge in [-0.1, -0.05) is 6.92 Å². The molecule has 1 saturated carbocycles. The number of methoxy groups -OCH3 is 2. The molecular formula is C19H27NO4. The van der Waals surface area contributed by atoms with E-state index in [1.807, 2.05) is 4.90 Å². The first-order valence-electron chi connectivity index (χ1n) is 8.72. The van der Waals surface area contributed by atoms with Crippen LogP contribution in [-0.4, -0.2) is 48.8 Å². The molecule has 3 rings (SSSR count). The number of ether oxygens (including phenoxy) is 2.